The van der Waals surface area contributed by atoms with Crippen LogP contribution in [0.1, 0.15) is 0 Å². The van der Waals surface area contributed by atoms with Gasteiger partial charge < -0.3 is 4.57 Å². The summed E-state index contributed by atoms with van der Waals surface area (Å²) in [6, 6.07) is 84.0. The van der Waals surface area contributed by atoms with Crippen LogP contribution in [0.3, 0.4) is 0 Å². The third kappa shape index (κ3) is 5.30. The quantitative estimate of drug-likeness (QED) is 0.119. The lowest BCUT2D eigenvalue weighted by atomic mass is 10.1. The van der Waals surface area contributed by atoms with Crippen LogP contribution in [0.15, 0.2) is 237 Å². The second-order valence-electron chi connectivity index (χ2n) is 16.6. The summed E-state index contributed by atoms with van der Waals surface area (Å²) < 4.78 is 6.92. The Morgan fingerprint density at radius 1 is 0.297 bits per heavy atom. The third-order valence-corrected chi connectivity index (χ3v) is 18.1. The fourth-order valence-corrected chi connectivity index (χ4v) is 15.4. The predicted octanol–water partition coefficient (Wildman–Crippen LogP) is 11.1. The fourth-order valence-electron chi connectivity index (χ4n) is 10.6. The number of benzene rings is 9. The number of hydrogen-bond acceptors (Lipinski definition) is 2. The van der Waals surface area contributed by atoms with E-state index in [1.807, 2.05) is 12.3 Å². The van der Waals surface area contributed by atoms with Gasteiger partial charge in [-0.15, -0.1) is 0 Å². The molecule has 0 spiro atoms. The number of nitrogens with zero attached hydrogens (tertiary/aromatic N) is 5. The van der Waals surface area contributed by atoms with Crippen LogP contribution in [0, 0.1) is 0 Å². The highest BCUT2D eigenvalue weighted by atomic mass is 28.3. The monoisotopic (exact) mass is 833 g/mol. The van der Waals surface area contributed by atoms with Gasteiger partial charge in [-0.05, 0) is 75.3 Å². The van der Waals surface area contributed by atoms with Gasteiger partial charge in [-0.3, -0.25) is 9.13 Å². The number of rotatable bonds is 7. The molecule has 0 atom stereocenters. The average molecular weight is 834 g/mol. The van der Waals surface area contributed by atoms with Gasteiger partial charge in [0, 0.05) is 44.2 Å². The molecule has 0 aliphatic rings. The normalized spacial score (nSPS) is 12.1. The van der Waals surface area contributed by atoms with E-state index in [0.717, 1.165) is 33.6 Å². The topological polar surface area (TPSA) is 40.6 Å². The van der Waals surface area contributed by atoms with Crippen LogP contribution in [0.2, 0.25) is 0 Å². The second-order valence-corrected chi connectivity index (χ2v) is 20.4. The molecule has 5 nitrogen and oxygen atoms in total. The van der Waals surface area contributed by atoms with E-state index >= 15 is 0 Å². The Balaban J connectivity index is 1.01. The zero-order valence-electron chi connectivity index (χ0n) is 34.8. The van der Waals surface area contributed by atoms with Crippen LogP contribution in [-0.2, 0) is 0 Å². The van der Waals surface area contributed by atoms with E-state index < -0.39 is 8.07 Å². The van der Waals surface area contributed by atoms with Gasteiger partial charge in [0.05, 0.1) is 33.1 Å². The van der Waals surface area contributed by atoms with Crippen molar-refractivity contribution < 1.29 is 0 Å². The Bertz CT molecular complexity index is 3750. The highest BCUT2D eigenvalue weighted by Gasteiger charge is 2.41. The van der Waals surface area contributed by atoms with Crippen LogP contribution in [0.4, 0.5) is 0 Å². The van der Waals surface area contributed by atoms with Crippen LogP contribution < -0.4 is 20.7 Å². The highest BCUT2D eigenvalue weighted by molar-refractivity contribution is 7.20. The summed E-state index contributed by atoms with van der Waals surface area (Å²) in [6.07, 6.45) is 1.90. The van der Waals surface area contributed by atoms with Gasteiger partial charge in [0.2, 0.25) is 5.95 Å². The van der Waals surface area contributed by atoms with E-state index in [2.05, 4.69) is 238 Å². The van der Waals surface area contributed by atoms with Crippen molar-refractivity contribution in [2.45, 2.75) is 0 Å². The Morgan fingerprint density at radius 3 is 1.25 bits per heavy atom. The number of hydrogen-bond donors (Lipinski definition) is 0. The molecular weight excluding hydrogens is 795 g/mol. The lowest BCUT2D eigenvalue weighted by Crippen LogP contribution is -2.74. The molecule has 0 unspecified atom stereocenters. The van der Waals surface area contributed by atoms with Crippen molar-refractivity contribution in [3.63, 3.8) is 0 Å². The van der Waals surface area contributed by atoms with Gasteiger partial charge in [0.15, 0.2) is 8.07 Å². The minimum absolute atomic E-state index is 0.627. The standard InChI is InChI=1S/C58H39N5Si/c1-4-18-41(19-5-1)64(42-20-6-2-7-21-42,43-22-8-3-9-23-43)44-33-35-56-50(39-44)48-27-13-17-31-54(48)63(56)58-59-37-36-57(60-58)62-53-30-16-12-26-47(53)49-38-40(32-34-55(49)62)61-51-28-14-10-24-45(51)46-25-11-15-29-52(46)61/h1-39H. The van der Waals surface area contributed by atoms with Crippen molar-refractivity contribution in [3.05, 3.63) is 237 Å². The van der Waals surface area contributed by atoms with Crippen molar-refractivity contribution >= 4 is 94.2 Å². The van der Waals surface area contributed by atoms with E-state index in [1.165, 1.54) is 64.1 Å². The predicted molar refractivity (Wildman–Crippen MR) is 269 cm³/mol. The number of para-hydroxylation sites is 4. The summed E-state index contributed by atoms with van der Waals surface area (Å²) in [7, 11) is -2.77. The molecule has 0 fully saturated rings. The minimum atomic E-state index is -2.77. The van der Waals surface area contributed by atoms with Crippen LogP contribution in [0.25, 0.3) is 82.9 Å². The first kappa shape index (κ1) is 36.3. The van der Waals surface area contributed by atoms with E-state index in [4.69, 9.17) is 9.97 Å². The van der Waals surface area contributed by atoms with Crippen molar-refractivity contribution in [1.29, 1.82) is 0 Å². The molecule has 4 heterocycles. The molecule has 6 heteroatoms. The maximum atomic E-state index is 5.44. The lowest BCUT2D eigenvalue weighted by molar-refractivity contribution is 0.948. The first-order valence-electron chi connectivity index (χ1n) is 21.8. The van der Waals surface area contributed by atoms with Gasteiger partial charge in [0.1, 0.15) is 5.82 Å². The molecule has 0 saturated heterocycles. The minimum Gasteiger partial charge on any atom is -0.309 e. The molecule has 4 aromatic heterocycles. The zero-order valence-corrected chi connectivity index (χ0v) is 35.8. The van der Waals surface area contributed by atoms with E-state index in [9.17, 15) is 0 Å². The molecule has 13 aromatic rings. The molecule has 13 rings (SSSR count). The molecule has 0 aliphatic carbocycles. The number of aromatic nitrogens is 5. The lowest BCUT2D eigenvalue weighted by Gasteiger charge is -2.34. The van der Waals surface area contributed by atoms with E-state index in [0.29, 0.717) is 5.95 Å². The molecule has 0 bridgehead atoms. The largest absolute Gasteiger partial charge is 0.309 e. The summed E-state index contributed by atoms with van der Waals surface area (Å²) in [6.45, 7) is 0. The Labute approximate surface area is 370 Å². The SMILES string of the molecule is c1ccc([Si](c2ccccc2)(c2ccccc2)c2ccc3c(c2)c2ccccc2n3-c2nccc(-n3c4ccccc4c4cc(-n5c6ccccc6c6ccccc65)ccc43)n2)cc1. The Hall–Kier alpha value is -8.32. The fraction of sp³-hybridized carbons (Fsp3) is 0. The maximum Gasteiger partial charge on any atom is 0.236 e. The van der Waals surface area contributed by atoms with Crippen LogP contribution in [-0.4, -0.2) is 31.7 Å². The molecular formula is C58H39N5Si. The van der Waals surface area contributed by atoms with Crippen molar-refractivity contribution in [1.82, 2.24) is 23.7 Å². The smallest absolute Gasteiger partial charge is 0.236 e. The summed E-state index contributed by atoms with van der Waals surface area (Å²) in [5, 5.41) is 12.6. The molecule has 0 saturated carbocycles. The molecule has 0 N–H and O–H groups in total. The van der Waals surface area contributed by atoms with Gasteiger partial charge >= 0.3 is 0 Å². The Morgan fingerprint density at radius 2 is 0.703 bits per heavy atom. The molecule has 64 heavy (non-hydrogen) atoms. The van der Waals surface area contributed by atoms with Gasteiger partial charge in [-0.2, -0.15) is 4.98 Å². The zero-order chi connectivity index (χ0) is 42.2. The van der Waals surface area contributed by atoms with Gasteiger partial charge in [-0.25, -0.2) is 4.98 Å². The van der Waals surface area contributed by atoms with E-state index in [1.54, 1.807) is 0 Å². The first-order valence-corrected chi connectivity index (χ1v) is 23.8. The van der Waals surface area contributed by atoms with Gasteiger partial charge in [-0.1, -0.05) is 176 Å². The second kappa shape index (κ2) is 14.4. The highest BCUT2D eigenvalue weighted by Crippen LogP contribution is 2.37. The third-order valence-electron chi connectivity index (χ3n) is 13.3. The summed E-state index contributed by atoms with van der Waals surface area (Å²) in [5.41, 5.74) is 7.83. The molecule has 0 radical (unpaired) electrons. The van der Waals surface area contributed by atoms with E-state index in [-0.39, 0.29) is 0 Å². The number of fused-ring (bicyclic) bond motifs is 9. The van der Waals surface area contributed by atoms with Crippen LogP contribution in [0.5, 0.6) is 0 Å². The molecule has 9 aromatic carbocycles. The molecule has 0 amide bonds. The summed E-state index contributed by atoms with van der Waals surface area (Å²) >= 11 is 0. The van der Waals surface area contributed by atoms with Crippen molar-refractivity contribution in [2.24, 2.45) is 0 Å². The first-order chi connectivity index (χ1) is 31.8. The molecule has 300 valence electrons. The Kier molecular flexibility index (Phi) is 8.16. The van der Waals surface area contributed by atoms with Crippen LogP contribution >= 0.6 is 0 Å². The molecule has 0 aliphatic heterocycles. The van der Waals surface area contributed by atoms with Crippen molar-refractivity contribution in [3.8, 4) is 17.5 Å². The van der Waals surface area contributed by atoms with Gasteiger partial charge in [0.25, 0.3) is 0 Å². The summed E-state index contributed by atoms with van der Waals surface area (Å²) in [4.78, 5) is 10.5. The average Bonchev–Trinajstić information content (AvgIpc) is 4.01. The van der Waals surface area contributed by atoms with Crippen molar-refractivity contribution in [2.75, 3.05) is 0 Å². The summed E-state index contributed by atoms with van der Waals surface area (Å²) in [5.74, 6) is 1.44. The maximum absolute atomic E-state index is 5.44.